The number of benzene rings is 1. The summed E-state index contributed by atoms with van der Waals surface area (Å²) in [5.41, 5.74) is 0.927. The number of hydrogen-bond donors (Lipinski definition) is 2. The molecule has 0 saturated heterocycles. The molecule has 3 N–H and O–H groups in total. The summed E-state index contributed by atoms with van der Waals surface area (Å²) in [7, 11) is -2.28. The van der Waals surface area contributed by atoms with E-state index in [1.54, 1.807) is 14.0 Å². The van der Waals surface area contributed by atoms with E-state index in [-0.39, 0.29) is 22.4 Å². The van der Waals surface area contributed by atoms with Gasteiger partial charge in [-0.15, -0.1) is 0 Å². The van der Waals surface area contributed by atoms with Gasteiger partial charge in [0.15, 0.2) is 0 Å². The van der Waals surface area contributed by atoms with Crippen molar-refractivity contribution < 1.29 is 17.9 Å². The van der Waals surface area contributed by atoms with Gasteiger partial charge in [-0.25, -0.2) is 13.6 Å². The van der Waals surface area contributed by atoms with E-state index in [0.717, 1.165) is 0 Å². The maximum atomic E-state index is 12.3. The molecule has 8 heteroatoms. The zero-order valence-corrected chi connectivity index (χ0v) is 14.5. The zero-order valence-electron chi connectivity index (χ0n) is 12.1. The number of nitrogens with two attached hydrogens (primary N) is 1. The van der Waals surface area contributed by atoms with Gasteiger partial charge in [-0.3, -0.25) is 4.79 Å². The molecule has 0 aliphatic rings. The van der Waals surface area contributed by atoms with Crippen molar-refractivity contribution >= 4 is 31.9 Å². The van der Waals surface area contributed by atoms with E-state index in [1.807, 2.05) is 6.92 Å². The molecule has 0 bridgehead atoms. The molecule has 1 aromatic rings. The molecule has 0 aliphatic heterocycles. The van der Waals surface area contributed by atoms with Crippen LogP contribution in [0, 0.1) is 6.92 Å². The molecule has 0 radical (unpaired) electrons. The van der Waals surface area contributed by atoms with Crippen LogP contribution in [0.3, 0.4) is 0 Å². The van der Waals surface area contributed by atoms with Gasteiger partial charge in [0.1, 0.15) is 0 Å². The van der Waals surface area contributed by atoms with Crippen LogP contribution < -0.4 is 10.5 Å². The van der Waals surface area contributed by atoms with Crippen molar-refractivity contribution in [2.24, 2.45) is 5.14 Å². The second-order valence-electron chi connectivity index (χ2n) is 4.78. The molecule has 0 fully saturated rings. The largest absolute Gasteiger partial charge is 0.385 e. The molecule has 118 valence electrons. The van der Waals surface area contributed by atoms with Crippen LogP contribution in [0.15, 0.2) is 21.5 Å². The first-order valence-corrected chi connectivity index (χ1v) is 8.63. The number of hydrogen-bond acceptors (Lipinski definition) is 4. The number of sulfonamides is 1. The van der Waals surface area contributed by atoms with Crippen LogP contribution in [0.25, 0.3) is 0 Å². The summed E-state index contributed by atoms with van der Waals surface area (Å²) in [5, 5.41) is 7.92. The maximum Gasteiger partial charge on any atom is 0.251 e. The topological polar surface area (TPSA) is 98.5 Å². The SMILES string of the molecule is COCCC(C)NC(=O)c1cc(S(N)(=O)=O)cc(Br)c1C. The second kappa shape index (κ2) is 7.35. The van der Waals surface area contributed by atoms with Crippen LogP contribution in [-0.4, -0.2) is 34.1 Å². The molecule has 6 nitrogen and oxygen atoms in total. The van der Waals surface area contributed by atoms with Crippen molar-refractivity contribution in [1.82, 2.24) is 5.32 Å². The van der Waals surface area contributed by atoms with Gasteiger partial charge in [-0.05, 0) is 38.0 Å². The second-order valence-corrected chi connectivity index (χ2v) is 7.19. The molecule has 1 atom stereocenters. The lowest BCUT2D eigenvalue weighted by atomic mass is 10.1. The lowest BCUT2D eigenvalue weighted by Crippen LogP contribution is -2.34. The normalized spacial score (nSPS) is 13.0. The molecular formula is C13H19BrN2O4S. The minimum absolute atomic E-state index is 0.0891. The number of carbonyl (C=O) groups is 1. The zero-order chi connectivity index (χ0) is 16.2. The number of carbonyl (C=O) groups excluding carboxylic acids is 1. The lowest BCUT2D eigenvalue weighted by Gasteiger charge is -2.15. The maximum absolute atomic E-state index is 12.3. The lowest BCUT2D eigenvalue weighted by molar-refractivity contribution is 0.0928. The Kier molecular flexibility index (Phi) is 6.33. The quantitative estimate of drug-likeness (QED) is 0.784. The third-order valence-corrected chi connectivity index (χ3v) is 4.74. The highest BCUT2D eigenvalue weighted by atomic mass is 79.9. The van der Waals surface area contributed by atoms with Crippen LogP contribution in [0.4, 0.5) is 0 Å². The van der Waals surface area contributed by atoms with Crippen LogP contribution in [0.2, 0.25) is 0 Å². The average Bonchev–Trinajstić information content (AvgIpc) is 2.37. The highest BCUT2D eigenvalue weighted by Crippen LogP contribution is 2.24. The van der Waals surface area contributed by atoms with Gasteiger partial charge in [0, 0.05) is 29.8 Å². The summed E-state index contributed by atoms with van der Waals surface area (Å²) in [5.74, 6) is -0.345. The molecule has 0 aliphatic carbocycles. The van der Waals surface area contributed by atoms with Crippen molar-refractivity contribution in [3.8, 4) is 0 Å². The van der Waals surface area contributed by atoms with Gasteiger partial charge < -0.3 is 10.1 Å². The Bertz CT molecular complexity index is 631. The van der Waals surface area contributed by atoms with Crippen LogP contribution in [0.1, 0.15) is 29.3 Å². The Labute approximate surface area is 133 Å². The summed E-state index contributed by atoms with van der Waals surface area (Å²) >= 11 is 3.25. The van der Waals surface area contributed by atoms with Crippen LogP contribution >= 0.6 is 15.9 Å². The van der Waals surface area contributed by atoms with Gasteiger partial charge in [0.05, 0.1) is 4.90 Å². The van der Waals surface area contributed by atoms with Gasteiger partial charge in [-0.1, -0.05) is 15.9 Å². The monoisotopic (exact) mass is 378 g/mol. The number of primary sulfonamides is 1. The minimum atomic E-state index is -3.87. The first kappa shape index (κ1) is 18.1. The van der Waals surface area contributed by atoms with Crippen molar-refractivity contribution in [3.05, 3.63) is 27.7 Å². The Balaban J connectivity index is 3.06. The summed E-state index contributed by atoms with van der Waals surface area (Å²) in [6.45, 7) is 4.11. The van der Waals surface area contributed by atoms with Gasteiger partial charge in [0.2, 0.25) is 10.0 Å². The highest BCUT2D eigenvalue weighted by Gasteiger charge is 2.18. The van der Waals surface area contributed by atoms with E-state index in [4.69, 9.17) is 9.88 Å². The molecule has 1 aromatic carbocycles. The van der Waals surface area contributed by atoms with E-state index in [1.165, 1.54) is 12.1 Å². The van der Waals surface area contributed by atoms with Gasteiger partial charge in [-0.2, -0.15) is 0 Å². The highest BCUT2D eigenvalue weighted by molar-refractivity contribution is 9.10. The van der Waals surface area contributed by atoms with Crippen LogP contribution in [-0.2, 0) is 14.8 Å². The standard InChI is InChI=1S/C13H19BrN2O4S/c1-8(4-5-20-3)16-13(17)11-6-10(21(15,18)19)7-12(14)9(11)2/h6-8H,4-5H2,1-3H3,(H,16,17)(H2,15,18,19). The summed E-state index contributed by atoms with van der Waals surface area (Å²) in [6, 6.07) is 2.58. The van der Waals surface area contributed by atoms with E-state index in [2.05, 4.69) is 21.2 Å². The molecule has 0 saturated carbocycles. The third-order valence-electron chi connectivity index (χ3n) is 3.02. The Morgan fingerprint density at radius 2 is 2.10 bits per heavy atom. The Morgan fingerprint density at radius 1 is 1.48 bits per heavy atom. The predicted molar refractivity (Wildman–Crippen MR) is 83.7 cm³/mol. The van der Waals surface area contributed by atoms with Crippen LogP contribution in [0.5, 0.6) is 0 Å². The number of amides is 1. The molecule has 0 spiro atoms. The van der Waals surface area contributed by atoms with E-state index in [9.17, 15) is 13.2 Å². The summed E-state index contributed by atoms with van der Waals surface area (Å²) in [4.78, 5) is 12.2. The van der Waals surface area contributed by atoms with Crippen molar-refractivity contribution in [3.63, 3.8) is 0 Å². The number of ether oxygens (including phenoxy) is 1. The van der Waals surface area contributed by atoms with Crippen molar-refractivity contribution in [2.45, 2.75) is 31.2 Å². The number of methoxy groups -OCH3 is 1. The van der Waals surface area contributed by atoms with E-state index < -0.39 is 10.0 Å². The molecule has 1 amide bonds. The average molecular weight is 379 g/mol. The molecule has 0 aromatic heterocycles. The van der Waals surface area contributed by atoms with Crippen molar-refractivity contribution in [1.29, 1.82) is 0 Å². The number of rotatable bonds is 6. The van der Waals surface area contributed by atoms with E-state index >= 15 is 0 Å². The molecule has 1 rings (SSSR count). The Morgan fingerprint density at radius 3 is 2.62 bits per heavy atom. The number of nitrogens with one attached hydrogen (secondary N) is 1. The first-order valence-electron chi connectivity index (χ1n) is 6.29. The molecule has 21 heavy (non-hydrogen) atoms. The molecule has 0 heterocycles. The fraction of sp³-hybridized carbons (Fsp3) is 0.462. The molecular weight excluding hydrogens is 360 g/mol. The first-order chi connectivity index (χ1) is 9.66. The third kappa shape index (κ3) is 5.06. The summed E-state index contributed by atoms with van der Waals surface area (Å²) < 4.78 is 28.4. The number of halogens is 1. The van der Waals surface area contributed by atoms with E-state index in [0.29, 0.717) is 23.1 Å². The molecule has 1 unspecified atom stereocenters. The van der Waals surface area contributed by atoms with Gasteiger partial charge in [0.25, 0.3) is 5.91 Å². The fourth-order valence-corrected chi connectivity index (χ4v) is 2.90. The Hall–Kier alpha value is -0.960. The smallest absolute Gasteiger partial charge is 0.251 e. The van der Waals surface area contributed by atoms with Gasteiger partial charge >= 0.3 is 0 Å². The van der Waals surface area contributed by atoms with Crippen molar-refractivity contribution in [2.75, 3.05) is 13.7 Å². The predicted octanol–water partition coefficient (Wildman–Crippen LogP) is 1.56. The fourth-order valence-electron chi connectivity index (χ4n) is 1.72. The summed E-state index contributed by atoms with van der Waals surface area (Å²) in [6.07, 6.45) is 0.664. The minimum Gasteiger partial charge on any atom is -0.385 e.